The molecule has 5 rings (SSSR count). The highest BCUT2D eigenvalue weighted by molar-refractivity contribution is 7.22. The maximum Gasteiger partial charge on any atom is 0.243 e. The summed E-state index contributed by atoms with van der Waals surface area (Å²) in [6.45, 7) is 8.35. The summed E-state index contributed by atoms with van der Waals surface area (Å²) in [6.07, 6.45) is 0. The van der Waals surface area contributed by atoms with Crippen molar-refractivity contribution in [1.82, 2.24) is 20.1 Å². The van der Waals surface area contributed by atoms with E-state index in [2.05, 4.69) is 57.3 Å². The maximum absolute atomic E-state index is 13.6. The number of benzene rings is 2. The number of anilines is 2. The first-order valence-electron chi connectivity index (χ1n) is 11.3. The molecule has 1 fully saturated rings. The molecule has 1 aliphatic rings. The molecule has 0 atom stereocenters. The first-order chi connectivity index (χ1) is 16.1. The number of hydrogen-bond donors (Lipinski definition) is 1. The number of H-pyrrole nitrogens is 1. The van der Waals surface area contributed by atoms with Crippen LogP contribution in [0, 0.1) is 13.8 Å². The van der Waals surface area contributed by atoms with Gasteiger partial charge in [-0.1, -0.05) is 53.8 Å². The fraction of sp³-hybridized carbons (Fsp3) is 0.320. The predicted molar refractivity (Wildman–Crippen MR) is 134 cm³/mol. The van der Waals surface area contributed by atoms with Gasteiger partial charge in [0.25, 0.3) is 0 Å². The summed E-state index contributed by atoms with van der Waals surface area (Å²) in [5.41, 5.74) is 4.27. The number of hydrogen-bond acceptors (Lipinski definition) is 6. The Hall–Kier alpha value is -3.23. The van der Waals surface area contributed by atoms with Gasteiger partial charge in [-0.3, -0.25) is 19.7 Å². The molecule has 0 bridgehead atoms. The molecule has 1 N–H and O–H groups in total. The number of carbonyl (C=O) groups excluding carboxylic acids is 1. The average molecular weight is 461 g/mol. The first-order valence-corrected chi connectivity index (χ1v) is 12.1. The highest BCUT2D eigenvalue weighted by Gasteiger charge is 2.25. The van der Waals surface area contributed by atoms with Crippen molar-refractivity contribution in [2.24, 2.45) is 0 Å². The molecule has 0 spiro atoms. The summed E-state index contributed by atoms with van der Waals surface area (Å²) in [4.78, 5) is 24.8. The maximum atomic E-state index is 13.6. The van der Waals surface area contributed by atoms with Crippen LogP contribution in [0.25, 0.3) is 10.2 Å². The fourth-order valence-corrected chi connectivity index (χ4v) is 5.26. The van der Waals surface area contributed by atoms with Crippen LogP contribution in [0.4, 0.5) is 10.9 Å². The molecule has 7 nitrogen and oxygen atoms in total. The van der Waals surface area contributed by atoms with Crippen LogP contribution in [0.3, 0.4) is 0 Å². The molecule has 1 saturated heterocycles. The van der Waals surface area contributed by atoms with Crippen LogP contribution < -0.4 is 9.80 Å². The number of nitrogens with zero attached hydrogens (tertiary/aromatic N) is 5. The summed E-state index contributed by atoms with van der Waals surface area (Å²) in [6, 6.07) is 18.4. The Labute approximate surface area is 197 Å². The second-order valence-electron chi connectivity index (χ2n) is 8.56. The molecule has 4 aromatic rings. The Kier molecular flexibility index (Phi) is 6.11. The second-order valence-corrected chi connectivity index (χ2v) is 9.57. The average Bonchev–Trinajstić information content (AvgIpc) is 3.46. The van der Waals surface area contributed by atoms with E-state index in [1.807, 2.05) is 36.1 Å². The van der Waals surface area contributed by atoms with Crippen LogP contribution in [0.2, 0.25) is 0 Å². The molecule has 0 unspecified atom stereocenters. The van der Waals surface area contributed by atoms with Crippen molar-refractivity contribution < 1.29 is 4.79 Å². The van der Waals surface area contributed by atoms with Crippen LogP contribution in [-0.2, 0) is 11.3 Å². The van der Waals surface area contributed by atoms with Crippen LogP contribution in [0.15, 0.2) is 54.6 Å². The number of nitrogens with one attached hydrogen (secondary N) is 1. The molecule has 8 heteroatoms. The van der Waals surface area contributed by atoms with Gasteiger partial charge in [0.15, 0.2) is 10.9 Å². The van der Waals surface area contributed by atoms with E-state index in [-0.39, 0.29) is 5.91 Å². The van der Waals surface area contributed by atoms with E-state index < -0.39 is 0 Å². The minimum Gasteiger partial charge on any atom is -0.353 e. The number of rotatable bonds is 6. The van der Waals surface area contributed by atoms with Crippen LogP contribution >= 0.6 is 11.3 Å². The van der Waals surface area contributed by atoms with Crippen molar-refractivity contribution >= 4 is 38.4 Å². The molecule has 2 aromatic carbocycles. The van der Waals surface area contributed by atoms with Gasteiger partial charge in [0.1, 0.15) is 0 Å². The number of aromatic amines is 1. The first kappa shape index (κ1) is 21.6. The van der Waals surface area contributed by atoms with E-state index in [9.17, 15) is 4.79 Å². The van der Waals surface area contributed by atoms with Crippen LogP contribution in [0.1, 0.15) is 16.8 Å². The zero-order valence-electron chi connectivity index (χ0n) is 19.0. The standard InChI is InChI=1S/C25H28N6OS/c1-18-7-6-10-21-24(18)26-25(33-21)31(16-20-8-4-3-5-9-20)23(32)17-29-11-13-30(14-12-29)22-15-19(2)27-28-22/h3-10,15H,11-14,16-17H2,1-2H3,(H,27,28). The van der Waals surface area contributed by atoms with Crippen molar-refractivity contribution in [2.45, 2.75) is 20.4 Å². The zero-order chi connectivity index (χ0) is 22.8. The van der Waals surface area contributed by atoms with Crippen molar-refractivity contribution in [3.8, 4) is 0 Å². The zero-order valence-corrected chi connectivity index (χ0v) is 19.8. The molecule has 0 radical (unpaired) electrons. The van der Waals surface area contributed by atoms with Gasteiger partial charge >= 0.3 is 0 Å². The summed E-state index contributed by atoms with van der Waals surface area (Å²) < 4.78 is 1.11. The number of thiazole rings is 1. The second kappa shape index (κ2) is 9.33. The van der Waals surface area contributed by atoms with E-state index in [0.717, 1.165) is 64.2 Å². The van der Waals surface area contributed by atoms with Gasteiger partial charge in [-0.25, -0.2) is 4.98 Å². The van der Waals surface area contributed by atoms with E-state index in [4.69, 9.17) is 4.98 Å². The molecule has 33 heavy (non-hydrogen) atoms. The van der Waals surface area contributed by atoms with Crippen molar-refractivity contribution in [1.29, 1.82) is 0 Å². The SMILES string of the molecule is Cc1cc(N2CCN(CC(=O)N(Cc3ccccc3)c3nc4c(C)cccc4s3)CC2)n[nH]1. The molecule has 0 aliphatic carbocycles. The Morgan fingerprint density at radius 2 is 1.85 bits per heavy atom. The molecular formula is C25H28N6OS. The third-order valence-electron chi connectivity index (χ3n) is 6.07. The number of aryl methyl sites for hydroxylation is 2. The van der Waals surface area contributed by atoms with Crippen LogP contribution in [0.5, 0.6) is 0 Å². The fourth-order valence-electron chi connectivity index (χ4n) is 4.20. The predicted octanol–water partition coefficient (Wildman–Crippen LogP) is 3.99. The highest BCUT2D eigenvalue weighted by atomic mass is 32.1. The molecule has 1 aliphatic heterocycles. The van der Waals surface area contributed by atoms with E-state index in [0.29, 0.717) is 13.1 Å². The highest BCUT2D eigenvalue weighted by Crippen LogP contribution is 2.31. The van der Waals surface area contributed by atoms with E-state index >= 15 is 0 Å². The lowest BCUT2D eigenvalue weighted by molar-refractivity contribution is -0.120. The minimum absolute atomic E-state index is 0.0830. The van der Waals surface area contributed by atoms with Gasteiger partial charge in [0, 0.05) is 37.9 Å². The molecule has 170 valence electrons. The third kappa shape index (κ3) is 4.77. The van der Waals surface area contributed by atoms with Gasteiger partial charge in [-0.15, -0.1) is 0 Å². The lowest BCUT2D eigenvalue weighted by Gasteiger charge is -2.35. The molecule has 3 heterocycles. The number of carbonyl (C=O) groups is 1. The van der Waals surface area contributed by atoms with Gasteiger partial charge < -0.3 is 4.90 Å². The Morgan fingerprint density at radius 1 is 1.06 bits per heavy atom. The lowest BCUT2D eigenvalue weighted by Crippen LogP contribution is -2.50. The Bertz CT molecular complexity index is 1240. The largest absolute Gasteiger partial charge is 0.353 e. The number of fused-ring (bicyclic) bond motifs is 1. The molecule has 1 amide bonds. The van der Waals surface area contributed by atoms with E-state index in [1.54, 1.807) is 11.3 Å². The van der Waals surface area contributed by atoms with Gasteiger partial charge in [0.2, 0.25) is 5.91 Å². The van der Waals surface area contributed by atoms with E-state index in [1.165, 1.54) is 0 Å². The number of amides is 1. The third-order valence-corrected chi connectivity index (χ3v) is 7.12. The van der Waals surface area contributed by atoms with Crippen LogP contribution in [-0.4, -0.2) is 58.7 Å². The normalized spacial score (nSPS) is 14.7. The number of piperazine rings is 1. The topological polar surface area (TPSA) is 68.4 Å². The lowest BCUT2D eigenvalue weighted by atomic mass is 10.2. The Balaban J connectivity index is 1.32. The van der Waals surface area contributed by atoms with Crippen molar-refractivity contribution in [3.05, 3.63) is 71.4 Å². The molecule has 2 aromatic heterocycles. The number of para-hydroxylation sites is 1. The van der Waals surface area contributed by atoms with Gasteiger partial charge in [-0.05, 0) is 31.0 Å². The van der Waals surface area contributed by atoms with Gasteiger partial charge in [-0.2, -0.15) is 5.10 Å². The van der Waals surface area contributed by atoms with Gasteiger partial charge in [0.05, 0.1) is 23.3 Å². The summed E-state index contributed by atoms with van der Waals surface area (Å²) in [7, 11) is 0. The summed E-state index contributed by atoms with van der Waals surface area (Å²) in [5, 5.41) is 8.14. The van der Waals surface area contributed by atoms with Crippen molar-refractivity contribution in [2.75, 3.05) is 42.5 Å². The number of aromatic nitrogens is 3. The summed E-state index contributed by atoms with van der Waals surface area (Å²) in [5.74, 6) is 1.06. The minimum atomic E-state index is 0.0830. The monoisotopic (exact) mass is 460 g/mol. The molecular weight excluding hydrogens is 432 g/mol. The smallest absolute Gasteiger partial charge is 0.243 e. The molecule has 0 saturated carbocycles. The van der Waals surface area contributed by atoms with Crippen molar-refractivity contribution in [3.63, 3.8) is 0 Å². The summed E-state index contributed by atoms with van der Waals surface area (Å²) >= 11 is 1.58. The Morgan fingerprint density at radius 3 is 2.55 bits per heavy atom. The quantitative estimate of drug-likeness (QED) is 0.471.